The number of rotatable bonds is 24. The lowest BCUT2D eigenvalue weighted by Gasteiger charge is -2.25. The van der Waals surface area contributed by atoms with Crippen LogP contribution in [0, 0.1) is 34.9 Å². The maximum atomic E-state index is 14.5. The number of methoxy groups -OCH3 is 4. The summed E-state index contributed by atoms with van der Waals surface area (Å²) in [5.74, 6) is -8.47. The second-order valence-corrected chi connectivity index (χ2v) is 28.7. The lowest BCUT2D eigenvalue weighted by atomic mass is 9.97. The van der Waals surface area contributed by atoms with Crippen molar-refractivity contribution >= 4 is 75.0 Å². The van der Waals surface area contributed by atoms with Crippen LogP contribution in [0.25, 0.3) is 11.1 Å². The van der Waals surface area contributed by atoms with Gasteiger partial charge in [-0.25, -0.2) is 45.5 Å². The van der Waals surface area contributed by atoms with E-state index in [4.69, 9.17) is 61.1 Å². The highest BCUT2D eigenvalue weighted by atomic mass is 35.5. The van der Waals surface area contributed by atoms with Crippen LogP contribution in [0.2, 0.25) is 10.0 Å². The summed E-state index contributed by atoms with van der Waals surface area (Å²) >= 11 is 11.4. The van der Waals surface area contributed by atoms with Gasteiger partial charge in [-0.3, -0.25) is 14.4 Å². The van der Waals surface area contributed by atoms with Crippen LogP contribution in [0.1, 0.15) is 128 Å². The first-order valence-electron chi connectivity index (χ1n) is 34.1. The number of benzene rings is 8. The first-order valence-corrected chi connectivity index (χ1v) is 36.3. The van der Waals surface area contributed by atoms with Crippen molar-refractivity contribution in [2.24, 2.45) is 0 Å². The van der Waals surface area contributed by atoms with E-state index >= 15 is 0 Å². The highest BCUT2D eigenvalue weighted by molar-refractivity contribution is 7.88. The Morgan fingerprint density at radius 2 is 1.01 bits per heavy atom. The molecule has 0 bridgehead atoms. The minimum absolute atomic E-state index is 0.0348. The molecule has 33 heteroatoms. The van der Waals surface area contributed by atoms with Crippen LogP contribution in [-0.4, -0.2) is 120 Å². The molecule has 616 valence electrons. The molecule has 0 aromatic heterocycles. The van der Waals surface area contributed by atoms with E-state index in [1.807, 2.05) is 6.07 Å². The minimum Gasteiger partial charge on any atom is -0.493 e. The van der Waals surface area contributed by atoms with E-state index in [-0.39, 0.29) is 69.7 Å². The average molecular weight is 1670 g/mol. The molecule has 0 aliphatic heterocycles. The molecule has 0 saturated heterocycles. The summed E-state index contributed by atoms with van der Waals surface area (Å²) in [4.78, 5) is 82.9. The molecule has 3 unspecified atom stereocenters. The number of hydrogen-bond donors (Lipinski definition) is 1. The SMILES string of the molecule is CC(C)OC(=O)C(C)(C)Oc1ccc(C(=O)c2ccc(Cl)cc2)cc1F.CCOC(=O)C(C)(C)Oc1ccc(Cl)cc1F.COC(=O)C(C)c1ccc(-c2ccc(F)cc2)c(F)c1.COC(=O)C(C)c1cccc(Oc2ccc(F)cc2)c1.COC(=O)C(Cc1cc(OC)c(OS(=O)(=O)C(F)(F)F)cc1F)NC(=O)OC(C)(C)C. The summed E-state index contributed by atoms with van der Waals surface area (Å²) in [5, 5.41) is 2.96. The third-order valence-corrected chi connectivity index (χ3v) is 16.6. The normalized spacial score (nSPS) is 12.0. The summed E-state index contributed by atoms with van der Waals surface area (Å²) < 4.78 is 196. The van der Waals surface area contributed by atoms with E-state index in [1.165, 1.54) is 109 Å². The van der Waals surface area contributed by atoms with Crippen LogP contribution in [0.15, 0.2) is 164 Å². The number of ether oxygens (including phenoxy) is 10. The molecular weight excluding hydrogens is 1580 g/mol. The molecule has 0 aliphatic rings. The monoisotopic (exact) mass is 1660 g/mol. The van der Waals surface area contributed by atoms with Gasteiger partial charge in [-0.1, -0.05) is 59.6 Å². The van der Waals surface area contributed by atoms with Gasteiger partial charge in [-0.2, -0.15) is 21.6 Å². The van der Waals surface area contributed by atoms with Crippen LogP contribution in [0.4, 0.5) is 44.3 Å². The van der Waals surface area contributed by atoms with Crippen molar-refractivity contribution in [3.8, 4) is 45.6 Å². The maximum absolute atomic E-state index is 14.5. The van der Waals surface area contributed by atoms with E-state index in [9.17, 15) is 81.5 Å². The van der Waals surface area contributed by atoms with E-state index in [1.54, 1.807) is 122 Å². The van der Waals surface area contributed by atoms with Gasteiger partial charge >= 0.3 is 51.6 Å². The predicted octanol–water partition coefficient (Wildman–Crippen LogP) is 18.5. The standard InChI is InChI=1S/C20H20ClFO4.C17H21F4NO8S.C16H14F2O2.C16H15FO3.C12H14ClFO3/c1-12(2)25-19(24)20(3,4)26-17-10-7-14(11-16(17)22)18(23)13-5-8-15(21)9-6-13;1-16(2,3)29-15(24)22-11(14(23)28-5)6-9-7-12(27-4)13(8-10(9)18)30-31(25,26)17(19,20)21;1-10(16(19)20-2)12-5-8-14(15(18)9-12)11-3-6-13(17)7-4-11;1-11(16(18)19-2)12-4-3-5-15(10-12)20-14-8-6-13(17)7-9-14;1-4-16-11(15)12(2,3)17-10-6-5-8(13)7-9(10)14/h5-12H,1-4H3;7-8,11H,6H2,1-5H3,(H,22,24);3-10H,1-2H3;3-11H,1-2H3;5-7H,4H2,1-3H3. The molecule has 0 saturated carbocycles. The number of carbonyl (C=O) groups excluding carboxylic acids is 7. The molecule has 8 rings (SSSR count). The van der Waals surface area contributed by atoms with Gasteiger partial charge in [-0.15, -0.1) is 0 Å². The molecule has 1 amide bonds. The topological polar surface area (TPSA) is 267 Å². The lowest BCUT2D eigenvalue weighted by Crippen LogP contribution is -2.45. The Kier molecular flexibility index (Phi) is 35.7. The van der Waals surface area contributed by atoms with Gasteiger partial charge in [0.25, 0.3) is 0 Å². The summed E-state index contributed by atoms with van der Waals surface area (Å²) in [7, 11) is -1.44. The number of carbonyl (C=O) groups is 7. The van der Waals surface area contributed by atoms with Gasteiger partial charge in [0, 0.05) is 39.2 Å². The molecule has 0 fully saturated rings. The molecule has 0 spiro atoms. The zero-order valence-corrected chi connectivity index (χ0v) is 66.9. The number of alkyl carbamates (subject to hydrolysis) is 1. The number of amides is 1. The largest absolute Gasteiger partial charge is 0.534 e. The first-order chi connectivity index (χ1) is 53.1. The molecule has 0 heterocycles. The van der Waals surface area contributed by atoms with Gasteiger partial charge in [0.2, 0.25) is 0 Å². The summed E-state index contributed by atoms with van der Waals surface area (Å²) in [6.07, 6.45) is -1.85. The van der Waals surface area contributed by atoms with Crippen LogP contribution in [-0.2, 0) is 68.9 Å². The Morgan fingerprint density at radius 1 is 0.500 bits per heavy atom. The number of halogens is 11. The molecule has 114 heavy (non-hydrogen) atoms. The van der Waals surface area contributed by atoms with Gasteiger partial charge in [-0.05, 0) is 227 Å². The van der Waals surface area contributed by atoms with Crippen molar-refractivity contribution < 1.29 is 133 Å². The first kappa shape index (κ1) is 95.3. The van der Waals surface area contributed by atoms with Crippen molar-refractivity contribution in [3.05, 3.63) is 237 Å². The minimum atomic E-state index is -6.08. The molecule has 21 nitrogen and oxygen atoms in total. The Bertz CT molecular complexity index is 4740. The average Bonchev–Trinajstić information content (AvgIpc) is 0.794. The van der Waals surface area contributed by atoms with Gasteiger partial charge in [0.15, 0.2) is 51.6 Å². The number of ketones is 1. The second-order valence-electron chi connectivity index (χ2n) is 26.3. The Morgan fingerprint density at radius 3 is 1.50 bits per heavy atom. The van der Waals surface area contributed by atoms with Crippen LogP contribution in [0.5, 0.6) is 34.5 Å². The van der Waals surface area contributed by atoms with Gasteiger partial charge in [0.05, 0.1) is 53.0 Å². The zero-order chi connectivity index (χ0) is 86.0. The molecule has 1 N–H and O–H groups in total. The smallest absolute Gasteiger partial charge is 0.493 e. The van der Waals surface area contributed by atoms with Crippen molar-refractivity contribution in [2.75, 3.05) is 35.0 Å². The van der Waals surface area contributed by atoms with Crippen LogP contribution in [0.3, 0.4) is 0 Å². The van der Waals surface area contributed by atoms with Gasteiger partial charge < -0.3 is 56.9 Å². The number of nitrogens with one attached hydrogen (secondary N) is 1. The predicted molar refractivity (Wildman–Crippen MR) is 403 cm³/mol. The Labute approximate surface area is 663 Å². The summed E-state index contributed by atoms with van der Waals surface area (Å²) in [6, 6.07) is 36.9. The van der Waals surface area contributed by atoms with E-state index in [0.29, 0.717) is 44.8 Å². The molecule has 8 aromatic rings. The van der Waals surface area contributed by atoms with E-state index in [2.05, 4.69) is 19.0 Å². The lowest BCUT2D eigenvalue weighted by molar-refractivity contribution is -0.163. The van der Waals surface area contributed by atoms with E-state index in [0.717, 1.165) is 38.0 Å². The number of hydrogen-bond acceptors (Lipinski definition) is 20. The fourth-order valence-corrected chi connectivity index (χ4v) is 10.00. The maximum Gasteiger partial charge on any atom is 0.534 e. The van der Waals surface area contributed by atoms with Gasteiger partial charge in [0.1, 0.15) is 46.4 Å². The Hall–Kier alpha value is -11.1. The summed E-state index contributed by atoms with van der Waals surface area (Å²) in [5.41, 5.74) is -6.73. The van der Waals surface area contributed by atoms with Crippen LogP contribution >= 0.6 is 23.2 Å². The highest BCUT2D eigenvalue weighted by Gasteiger charge is 2.49. The van der Waals surface area contributed by atoms with Crippen molar-refractivity contribution in [3.63, 3.8) is 0 Å². The zero-order valence-electron chi connectivity index (χ0n) is 64.5. The number of esters is 5. The fourth-order valence-electron chi connectivity index (χ4n) is 9.25. The number of alkyl halides is 3. The fraction of sp³-hybridized carbons (Fsp3) is 0.321. The summed E-state index contributed by atoms with van der Waals surface area (Å²) in [6.45, 7) is 19.5. The van der Waals surface area contributed by atoms with Crippen molar-refractivity contribution in [1.29, 1.82) is 0 Å². The molecule has 8 aromatic carbocycles. The Balaban J connectivity index is 0.000000305. The third-order valence-electron chi connectivity index (χ3n) is 15.1. The van der Waals surface area contributed by atoms with Crippen molar-refractivity contribution in [2.45, 2.75) is 136 Å². The highest BCUT2D eigenvalue weighted by Crippen LogP contribution is 2.37. The molecule has 3 atom stereocenters. The van der Waals surface area contributed by atoms with E-state index < -0.39 is 116 Å². The quantitative estimate of drug-likeness (QED) is 0.0147. The van der Waals surface area contributed by atoms with Crippen LogP contribution < -0.4 is 28.4 Å². The molecule has 0 radical (unpaired) electrons. The molecule has 0 aliphatic carbocycles. The van der Waals surface area contributed by atoms with Crippen molar-refractivity contribution in [1.82, 2.24) is 5.32 Å². The second kappa shape index (κ2) is 42.7. The third kappa shape index (κ3) is 29.8. The molecular formula is C81H84Cl2F9NO20S.